The zero-order valence-electron chi connectivity index (χ0n) is 27.0. The van der Waals surface area contributed by atoms with Gasteiger partial charge in [0.2, 0.25) is 5.95 Å². The molecule has 0 radical (unpaired) electrons. The van der Waals surface area contributed by atoms with Crippen molar-refractivity contribution in [1.29, 1.82) is 0 Å². The molecule has 1 aliphatic rings. The van der Waals surface area contributed by atoms with Gasteiger partial charge >= 0.3 is 0 Å². The number of fused-ring (bicyclic) bond motifs is 15. The molecule has 0 saturated heterocycles. The Morgan fingerprint density at radius 2 is 1.12 bits per heavy atom. The lowest BCUT2D eigenvalue weighted by Crippen LogP contribution is -2.15. The molecule has 10 aromatic rings. The van der Waals surface area contributed by atoms with Crippen LogP contribution in [0.25, 0.3) is 92.0 Å². The smallest absolute Gasteiger partial charge is 0.235 e. The second-order valence-electron chi connectivity index (χ2n) is 13.7. The molecule has 11 rings (SSSR count). The van der Waals surface area contributed by atoms with Gasteiger partial charge in [0.05, 0.1) is 26.9 Å². The SMILES string of the molecule is CC1(C)c2c(c3ccccc3c3ccccc23)-c2sc3c(ccc4c5ccccc5n(-c5nc(-c6ccccc6)c6ccccc6n5)c43)c21. The fraction of sp³-hybridized carbons (Fsp3) is 0.0667. The number of benzene rings is 7. The van der Waals surface area contributed by atoms with Gasteiger partial charge in [0.25, 0.3) is 0 Å². The van der Waals surface area contributed by atoms with Gasteiger partial charge in [-0.2, -0.15) is 0 Å². The minimum Gasteiger partial charge on any atom is -0.276 e. The summed E-state index contributed by atoms with van der Waals surface area (Å²) in [5.74, 6) is 0.695. The van der Waals surface area contributed by atoms with Crippen molar-refractivity contribution in [3.8, 4) is 27.6 Å². The van der Waals surface area contributed by atoms with Gasteiger partial charge in [-0.3, -0.25) is 4.57 Å². The molecule has 49 heavy (non-hydrogen) atoms. The van der Waals surface area contributed by atoms with E-state index in [1.165, 1.54) is 69.5 Å². The van der Waals surface area contributed by atoms with Crippen LogP contribution in [0.3, 0.4) is 0 Å². The van der Waals surface area contributed by atoms with Crippen molar-refractivity contribution in [3.63, 3.8) is 0 Å². The van der Waals surface area contributed by atoms with Crippen LogP contribution in [0.2, 0.25) is 0 Å². The highest BCUT2D eigenvalue weighted by molar-refractivity contribution is 7.23. The Balaban J connectivity index is 1.29. The maximum absolute atomic E-state index is 5.38. The van der Waals surface area contributed by atoms with E-state index in [1.807, 2.05) is 11.3 Å². The predicted octanol–water partition coefficient (Wildman–Crippen LogP) is 12.2. The zero-order valence-corrected chi connectivity index (χ0v) is 27.8. The summed E-state index contributed by atoms with van der Waals surface area (Å²) >= 11 is 1.94. The van der Waals surface area contributed by atoms with Gasteiger partial charge in [-0.1, -0.05) is 141 Å². The van der Waals surface area contributed by atoms with E-state index in [-0.39, 0.29) is 5.41 Å². The molecule has 0 amide bonds. The fourth-order valence-corrected chi connectivity index (χ4v) is 10.3. The molecular weight excluding hydrogens is 615 g/mol. The van der Waals surface area contributed by atoms with Gasteiger partial charge in [0.1, 0.15) is 0 Å². The lowest BCUT2D eigenvalue weighted by molar-refractivity contribution is 0.673. The summed E-state index contributed by atoms with van der Waals surface area (Å²) in [5.41, 5.74) is 9.33. The van der Waals surface area contributed by atoms with Gasteiger partial charge in [0.15, 0.2) is 0 Å². The number of hydrogen-bond acceptors (Lipinski definition) is 3. The molecule has 1 aliphatic carbocycles. The Bertz CT molecular complexity index is 3020. The number of thiophene rings is 1. The predicted molar refractivity (Wildman–Crippen MR) is 207 cm³/mol. The first-order valence-corrected chi connectivity index (χ1v) is 17.7. The first kappa shape index (κ1) is 27.1. The second kappa shape index (κ2) is 9.62. The molecule has 0 fully saturated rings. The monoisotopic (exact) mass is 643 g/mol. The van der Waals surface area contributed by atoms with Crippen molar-refractivity contribution < 1.29 is 0 Å². The third-order valence-electron chi connectivity index (χ3n) is 10.7. The van der Waals surface area contributed by atoms with Crippen LogP contribution in [-0.2, 0) is 5.41 Å². The van der Waals surface area contributed by atoms with Crippen LogP contribution in [-0.4, -0.2) is 14.5 Å². The van der Waals surface area contributed by atoms with E-state index in [1.54, 1.807) is 0 Å². The molecule has 0 unspecified atom stereocenters. The molecule has 4 heteroatoms. The summed E-state index contributed by atoms with van der Waals surface area (Å²) in [6.45, 7) is 4.84. The Hall–Kier alpha value is -5.84. The van der Waals surface area contributed by atoms with Crippen LogP contribution in [0.4, 0.5) is 0 Å². The summed E-state index contributed by atoms with van der Waals surface area (Å²) in [6, 6.07) is 50.2. The van der Waals surface area contributed by atoms with Crippen LogP contribution in [0.1, 0.15) is 25.0 Å². The normalized spacial score (nSPS) is 13.7. The van der Waals surface area contributed by atoms with E-state index in [4.69, 9.17) is 9.97 Å². The molecule has 0 N–H and O–H groups in total. The van der Waals surface area contributed by atoms with Crippen molar-refractivity contribution in [2.45, 2.75) is 19.3 Å². The van der Waals surface area contributed by atoms with Crippen LogP contribution in [0.15, 0.2) is 140 Å². The second-order valence-corrected chi connectivity index (χ2v) is 14.7. The molecule has 7 aromatic carbocycles. The van der Waals surface area contributed by atoms with Crippen LogP contribution < -0.4 is 0 Å². The van der Waals surface area contributed by atoms with E-state index in [9.17, 15) is 0 Å². The topological polar surface area (TPSA) is 30.7 Å². The molecule has 0 spiro atoms. The molecule has 0 bridgehead atoms. The first-order chi connectivity index (χ1) is 24.1. The quantitative estimate of drug-likeness (QED) is 0.176. The molecule has 230 valence electrons. The molecule has 0 saturated carbocycles. The molecule has 0 aliphatic heterocycles. The number of aromatic nitrogens is 3. The lowest BCUT2D eigenvalue weighted by Gasteiger charge is -2.24. The van der Waals surface area contributed by atoms with Gasteiger partial charge in [-0.05, 0) is 50.2 Å². The zero-order chi connectivity index (χ0) is 32.4. The van der Waals surface area contributed by atoms with Gasteiger partial charge in [-0.25, -0.2) is 9.97 Å². The van der Waals surface area contributed by atoms with Crippen molar-refractivity contribution in [2.75, 3.05) is 0 Å². The van der Waals surface area contributed by atoms with Crippen LogP contribution >= 0.6 is 11.3 Å². The van der Waals surface area contributed by atoms with Crippen molar-refractivity contribution in [3.05, 3.63) is 151 Å². The Labute approximate surface area is 286 Å². The number of rotatable bonds is 2. The highest BCUT2D eigenvalue weighted by Gasteiger charge is 2.42. The van der Waals surface area contributed by atoms with Crippen molar-refractivity contribution >= 4 is 75.7 Å². The van der Waals surface area contributed by atoms with Gasteiger partial charge in [-0.15, -0.1) is 11.3 Å². The summed E-state index contributed by atoms with van der Waals surface area (Å²) in [7, 11) is 0. The first-order valence-electron chi connectivity index (χ1n) is 16.9. The lowest BCUT2D eigenvalue weighted by atomic mass is 9.78. The van der Waals surface area contributed by atoms with E-state index in [0.717, 1.165) is 27.7 Å². The number of para-hydroxylation sites is 2. The number of nitrogens with zero attached hydrogens (tertiary/aromatic N) is 3. The van der Waals surface area contributed by atoms with Gasteiger partial charge < -0.3 is 0 Å². The van der Waals surface area contributed by atoms with E-state index >= 15 is 0 Å². The van der Waals surface area contributed by atoms with Gasteiger partial charge in [0, 0.05) is 37.6 Å². The Kier molecular flexibility index (Phi) is 5.33. The average Bonchev–Trinajstić information content (AvgIpc) is 3.78. The van der Waals surface area contributed by atoms with Crippen molar-refractivity contribution in [1.82, 2.24) is 14.5 Å². The van der Waals surface area contributed by atoms with E-state index in [2.05, 4.69) is 158 Å². The van der Waals surface area contributed by atoms with E-state index < -0.39 is 0 Å². The van der Waals surface area contributed by atoms with Crippen molar-refractivity contribution in [2.24, 2.45) is 0 Å². The third-order valence-corrected chi connectivity index (χ3v) is 12.0. The Morgan fingerprint density at radius 1 is 0.510 bits per heavy atom. The molecule has 3 heterocycles. The summed E-state index contributed by atoms with van der Waals surface area (Å²) in [6.07, 6.45) is 0. The Morgan fingerprint density at radius 3 is 1.92 bits per heavy atom. The maximum Gasteiger partial charge on any atom is 0.235 e. The minimum absolute atomic E-state index is 0.184. The third kappa shape index (κ3) is 3.51. The molecular formula is C45H29N3S. The molecule has 3 nitrogen and oxygen atoms in total. The average molecular weight is 644 g/mol. The number of hydrogen-bond donors (Lipinski definition) is 0. The van der Waals surface area contributed by atoms with Crippen LogP contribution in [0.5, 0.6) is 0 Å². The largest absolute Gasteiger partial charge is 0.276 e. The molecule has 0 atom stereocenters. The summed E-state index contributed by atoms with van der Waals surface area (Å²) in [5, 5.41) is 10.1. The maximum atomic E-state index is 5.38. The van der Waals surface area contributed by atoms with Crippen LogP contribution in [0, 0.1) is 0 Å². The van der Waals surface area contributed by atoms with E-state index in [0.29, 0.717) is 5.95 Å². The standard InChI is InChI=1S/C45H29N3S/c1-45(2)38-31-20-9-7-17-28(31)27-16-6-8-19-30(27)37(38)43-39(45)34-25-24-32-29-18-11-13-23-36(29)48(41(32)42(34)49-43)44-46-35-22-12-10-21-33(35)40(47-44)26-14-4-3-5-15-26/h3-25H,1-2H3. The molecule has 3 aromatic heterocycles. The highest BCUT2D eigenvalue weighted by Crippen LogP contribution is 2.60. The minimum atomic E-state index is -0.184. The summed E-state index contributed by atoms with van der Waals surface area (Å²) < 4.78 is 3.61. The summed E-state index contributed by atoms with van der Waals surface area (Å²) in [4.78, 5) is 12.0. The highest BCUT2D eigenvalue weighted by atomic mass is 32.1. The fourth-order valence-electron chi connectivity index (χ4n) is 8.74.